The minimum Gasteiger partial charge on any atom is -0.336 e. The highest BCUT2D eigenvalue weighted by molar-refractivity contribution is 6.33. The summed E-state index contributed by atoms with van der Waals surface area (Å²) in [5.74, 6) is -4.35. The van der Waals surface area contributed by atoms with Gasteiger partial charge in [0.15, 0.2) is 17.5 Å². The summed E-state index contributed by atoms with van der Waals surface area (Å²) in [5.41, 5.74) is 0.535. The molecule has 19 heavy (non-hydrogen) atoms. The number of aromatic nitrogens is 1. The van der Waals surface area contributed by atoms with Gasteiger partial charge in [0.05, 0.1) is 22.3 Å². The van der Waals surface area contributed by atoms with Gasteiger partial charge in [-0.05, 0) is 18.2 Å². The second-order valence-electron chi connectivity index (χ2n) is 3.52. The van der Waals surface area contributed by atoms with Crippen LogP contribution in [0.25, 0.3) is 0 Å². The van der Waals surface area contributed by atoms with Crippen LogP contribution in [0.3, 0.4) is 0 Å². The summed E-state index contributed by atoms with van der Waals surface area (Å²) in [5, 5.41) is 11.2. The second-order valence-corrected chi connectivity index (χ2v) is 3.93. The van der Waals surface area contributed by atoms with Crippen LogP contribution in [-0.2, 0) is 0 Å². The maximum absolute atomic E-state index is 13.4. The molecule has 1 aromatic carbocycles. The van der Waals surface area contributed by atoms with Crippen LogP contribution in [0.5, 0.6) is 0 Å². The van der Waals surface area contributed by atoms with E-state index in [1.165, 1.54) is 18.2 Å². The fraction of sp³-hybridized carbons (Fsp3) is 0. The van der Waals surface area contributed by atoms with Gasteiger partial charge in [-0.3, -0.25) is 0 Å². The summed E-state index contributed by atoms with van der Waals surface area (Å²) in [4.78, 5) is 3.10. The minimum atomic E-state index is -1.42. The van der Waals surface area contributed by atoms with Crippen LogP contribution in [0, 0.1) is 28.9 Å². The van der Waals surface area contributed by atoms with Gasteiger partial charge < -0.3 is 5.32 Å². The summed E-state index contributed by atoms with van der Waals surface area (Å²) < 4.78 is 39.0. The van der Waals surface area contributed by atoms with E-state index in [0.29, 0.717) is 11.6 Å². The van der Waals surface area contributed by atoms with E-state index >= 15 is 0 Å². The van der Waals surface area contributed by atoms with Crippen molar-refractivity contribution in [3.05, 3.63) is 52.4 Å². The zero-order chi connectivity index (χ0) is 14.0. The summed E-state index contributed by atoms with van der Waals surface area (Å²) >= 11 is 5.85. The molecule has 1 heterocycles. The first-order valence-electron chi connectivity index (χ1n) is 4.99. The van der Waals surface area contributed by atoms with Crippen molar-refractivity contribution in [2.45, 2.75) is 0 Å². The van der Waals surface area contributed by atoms with Crippen LogP contribution in [-0.4, -0.2) is 4.98 Å². The van der Waals surface area contributed by atoms with Crippen molar-refractivity contribution < 1.29 is 13.2 Å². The highest BCUT2D eigenvalue weighted by Gasteiger charge is 2.13. The summed E-state index contributed by atoms with van der Waals surface area (Å²) in [6.07, 6.45) is 0. The van der Waals surface area contributed by atoms with Crippen LogP contribution in [0.4, 0.5) is 24.7 Å². The summed E-state index contributed by atoms with van der Waals surface area (Å²) in [7, 11) is 0. The predicted molar refractivity (Wildman–Crippen MR) is 63.6 cm³/mol. The molecule has 0 aliphatic rings. The number of pyridine rings is 1. The molecule has 0 radical (unpaired) electrons. The lowest BCUT2D eigenvalue weighted by Crippen LogP contribution is -2.02. The number of halogens is 4. The Hall–Kier alpha value is -2.26. The van der Waals surface area contributed by atoms with E-state index in [-0.39, 0.29) is 10.7 Å². The number of anilines is 2. The molecule has 7 heteroatoms. The molecule has 0 fully saturated rings. The van der Waals surface area contributed by atoms with Crippen LogP contribution in [0.2, 0.25) is 5.02 Å². The molecule has 2 aromatic rings. The quantitative estimate of drug-likeness (QED) is 0.854. The SMILES string of the molecule is N#Cc1ccc(Nc2nc(F)c(F)cc2F)c(Cl)c1. The molecule has 96 valence electrons. The molecule has 1 N–H and O–H groups in total. The monoisotopic (exact) mass is 283 g/mol. The van der Waals surface area contributed by atoms with Crippen molar-refractivity contribution in [2.75, 3.05) is 5.32 Å². The van der Waals surface area contributed by atoms with Crippen molar-refractivity contribution in [3.8, 4) is 6.07 Å². The first-order valence-corrected chi connectivity index (χ1v) is 5.37. The van der Waals surface area contributed by atoms with Crippen molar-refractivity contribution in [2.24, 2.45) is 0 Å². The van der Waals surface area contributed by atoms with Crippen LogP contribution >= 0.6 is 11.6 Å². The van der Waals surface area contributed by atoms with Gasteiger partial charge in [-0.2, -0.15) is 14.6 Å². The molecule has 0 amide bonds. The topological polar surface area (TPSA) is 48.7 Å². The Labute approximate surface area is 111 Å². The van der Waals surface area contributed by atoms with Crippen LogP contribution in [0.1, 0.15) is 5.56 Å². The van der Waals surface area contributed by atoms with E-state index in [4.69, 9.17) is 16.9 Å². The van der Waals surface area contributed by atoms with Crippen LogP contribution in [0.15, 0.2) is 24.3 Å². The molecular weight excluding hydrogens is 279 g/mol. The second kappa shape index (κ2) is 5.16. The molecule has 0 bridgehead atoms. The lowest BCUT2D eigenvalue weighted by Gasteiger charge is -2.08. The molecule has 0 aliphatic heterocycles. The van der Waals surface area contributed by atoms with Gasteiger partial charge >= 0.3 is 0 Å². The van der Waals surface area contributed by atoms with E-state index in [2.05, 4.69) is 10.3 Å². The van der Waals surface area contributed by atoms with Gasteiger partial charge in [-0.15, -0.1) is 0 Å². The molecule has 1 aromatic heterocycles. The summed E-state index contributed by atoms with van der Waals surface area (Å²) in [6, 6.07) is 6.44. The zero-order valence-corrected chi connectivity index (χ0v) is 9.97. The number of nitrogens with one attached hydrogen (secondary N) is 1. The smallest absolute Gasteiger partial charge is 0.251 e. The number of nitriles is 1. The molecule has 0 atom stereocenters. The molecule has 0 unspecified atom stereocenters. The predicted octanol–water partition coefficient (Wildman–Crippen LogP) is 3.77. The van der Waals surface area contributed by atoms with Gasteiger partial charge in [0.2, 0.25) is 0 Å². The maximum atomic E-state index is 13.4. The third-order valence-electron chi connectivity index (χ3n) is 2.24. The fourth-order valence-electron chi connectivity index (χ4n) is 1.35. The highest BCUT2D eigenvalue weighted by atomic mass is 35.5. The highest BCUT2D eigenvalue weighted by Crippen LogP contribution is 2.27. The Bertz CT molecular complexity index is 683. The number of hydrogen-bond acceptors (Lipinski definition) is 3. The molecule has 0 spiro atoms. The van der Waals surface area contributed by atoms with Crippen molar-refractivity contribution in [1.29, 1.82) is 5.26 Å². The van der Waals surface area contributed by atoms with Crippen LogP contribution < -0.4 is 5.32 Å². The lowest BCUT2D eigenvalue weighted by atomic mass is 10.2. The van der Waals surface area contributed by atoms with Crippen molar-refractivity contribution in [3.63, 3.8) is 0 Å². The van der Waals surface area contributed by atoms with E-state index in [1.54, 1.807) is 0 Å². The van der Waals surface area contributed by atoms with Gasteiger partial charge in [-0.25, -0.2) is 8.78 Å². The molecule has 0 aliphatic carbocycles. The average molecular weight is 284 g/mol. The Morgan fingerprint density at radius 3 is 2.53 bits per heavy atom. The Kier molecular flexibility index (Phi) is 3.58. The van der Waals surface area contributed by atoms with Gasteiger partial charge in [0, 0.05) is 6.07 Å². The number of nitrogens with zero attached hydrogens (tertiary/aromatic N) is 2. The Balaban J connectivity index is 2.37. The number of benzene rings is 1. The number of hydrogen-bond donors (Lipinski definition) is 1. The Morgan fingerprint density at radius 1 is 1.16 bits per heavy atom. The zero-order valence-electron chi connectivity index (χ0n) is 9.22. The molecule has 2 rings (SSSR count). The summed E-state index contributed by atoms with van der Waals surface area (Å²) in [6.45, 7) is 0. The van der Waals surface area contributed by atoms with E-state index in [9.17, 15) is 13.2 Å². The maximum Gasteiger partial charge on any atom is 0.251 e. The third-order valence-corrected chi connectivity index (χ3v) is 2.55. The van der Waals surface area contributed by atoms with E-state index in [0.717, 1.165) is 0 Å². The normalized spacial score (nSPS) is 10.1. The lowest BCUT2D eigenvalue weighted by molar-refractivity contribution is 0.467. The molecular formula is C12H5ClF3N3. The standard InChI is InChI=1S/C12H5ClF3N3/c13-7-3-6(5-17)1-2-10(7)18-12-9(15)4-8(14)11(16)19-12/h1-4H,(H,18,19). The van der Waals surface area contributed by atoms with Crippen molar-refractivity contribution in [1.82, 2.24) is 4.98 Å². The minimum absolute atomic E-state index is 0.130. The molecule has 0 saturated carbocycles. The molecule has 3 nitrogen and oxygen atoms in total. The van der Waals surface area contributed by atoms with E-state index < -0.39 is 23.4 Å². The first kappa shape index (κ1) is 13.2. The number of rotatable bonds is 2. The van der Waals surface area contributed by atoms with Gasteiger partial charge in [0.25, 0.3) is 5.95 Å². The van der Waals surface area contributed by atoms with Gasteiger partial charge in [0.1, 0.15) is 0 Å². The third kappa shape index (κ3) is 2.77. The van der Waals surface area contributed by atoms with Gasteiger partial charge in [-0.1, -0.05) is 11.6 Å². The largest absolute Gasteiger partial charge is 0.336 e. The fourth-order valence-corrected chi connectivity index (χ4v) is 1.57. The Morgan fingerprint density at radius 2 is 1.89 bits per heavy atom. The van der Waals surface area contributed by atoms with E-state index in [1.807, 2.05) is 6.07 Å². The average Bonchev–Trinajstić information content (AvgIpc) is 2.38. The first-order chi connectivity index (χ1) is 9.01. The molecule has 0 saturated heterocycles. The van der Waals surface area contributed by atoms with Crippen molar-refractivity contribution >= 4 is 23.1 Å².